The highest BCUT2D eigenvalue weighted by Crippen LogP contribution is 2.35. The van der Waals surface area contributed by atoms with Crippen LogP contribution < -0.4 is 4.74 Å². The molecule has 0 aliphatic carbocycles. The molecule has 28 heavy (non-hydrogen) atoms. The van der Waals surface area contributed by atoms with Gasteiger partial charge in [0.25, 0.3) is 0 Å². The fraction of sp³-hybridized carbons (Fsp3) is 0.391. The number of ether oxygens (including phenoxy) is 1. The summed E-state index contributed by atoms with van der Waals surface area (Å²) in [7, 11) is 0. The van der Waals surface area contributed by atoms with E-state index in [1.807, 2.05) is 37.3 Å². The molecule has 0 spiro atoms. The van der Waals surface area contributed by atoms with Crippen molar-refractivity contribution in [3.8, 4) is 11.5 Å². The average Bonchev–Trinajstić information content (AvgIpc) is 2.97. The maximum atomic E-state index is 12.0. The molecule has 0 radical (unpaired) electrons. The fourth-order valence-corrected chi connectivity index (χ4v) is 3.43. The molecule has 5 heteroatoms. The summed E-state index contributed by atoms with van der Waals surface area (Å²) in [5.41, 5.74) is 3.21. The van der Waals surface area contributed by atoms with E-state index in [1.54, 1.807) is 4.90 Å². The molecular formula is C23H27NO4. The summed E-state index contributed by atoms with van der Waals surface area (Å²) in [5, 5.41) is 9.10. The number of benzene rings is 2. The topological polar surface area (TPSA) is 66.8 Å². The van der Waals surface area contributed by atoms with Gasteiger partial charge in [0.1, 0.15) is 11.5 Å². The molecule has 5 nitrogen and oxygen atoms in total. The van der Waals surface area contributed by atoms with Crippen LogP contribution in [0.5, 0.6) is 11.5 Å². The summed E-state index contributed by atoms with van der Waals surface area (Å²) in [6.45, 7) is 9.20. The minimum atomic E-state index is -0.910. The van der Waals surface area contributed by atoms with Crippen molar-refractivity contribution in [2.75, 3.05) is 6.54 Å². The Morgan fingerprint density at radius 1 is 1.18 bits per heavy atom. The Kier molecular flexibility index (Phi) is 5.45. The van der Waals surface area contributed by atoms with Crippen LogP contribution in [0, 0.1) is 12.8 Å². The van der Waals surface area contributed by atoms with Gasteiger partial charge in [0.2, 0.25) is 5.91 Å². The zero-order valence-electron chi connectivity index (χ0n) is 16.9. The first kappa shape index (κ1) is 19.9. The van der Waals surface area contributed by atoms with Crippen LogP contribution in [0.1, 0.15) is 43.9 Å². The zero-order chi connectivity index (χ0) is 20.5. The third kappa shape index (κ3) is 4.53. The van der Waals surface area contributed by atoms with E-state index in [0.29, 0.717) is 6.54 Å². The number of aliphatic carboxylic acids is 1. The quantitative estimate of drug-likeness (QED) is 0.827. The van der Waals surface area contributed by atoms with Gasteiger partial charge in [-0.05, 0) is 41.7 Å². The summed E-state index contributed by atoms with van der Waals surface area (Å²) in [6, 6.07) is 13.9. The molecule has 1 aliphatic heterocycles. The highest BCUT2D eigenvalue weighted by atomic mass is 16.5. The monoisotopic (exact) mass is 381 g/mol. The van der Waals surface area contributed by atoms with Crippen LogP contribution in [-0.2, 0) is 21.5 Å². The molecule has 0 bridgehead atoms. The smallest absolute Gasteiger partial charge is 0.308 e. The summed E-state index contributed by atoms with van der Waals surface area (Å²) in [4.78, 5) is 24.7. The molecule has 1 saturated heterocycles. The Labute approximate surface area is 165 Å². The third-order valence-electron chi connectivity index (χ3n) is 5.03. The lowest BCUT2D eigenvalue weighted by molar-refractivity contribution is -0.141. The molecule has 0 saturated carbocycles. The summed E-state index contributed by atoms with van der Waals surface area (Å²) in [6.07, 6.45) is 0.0828. The molecule has 2 aromatic carbocycles. The van der Waals surface area contributed by atoms with Gasteiger partial charge in [-0.2, -0.15) is 0 Å². The van der Waals surface area contributed by atoms with Crippen LogP contribution in [0.2, 0.25) is 0 Å². The lowest BCUT2D eigenvalue weighted by Gasteiger charge is -2.23. The maximum Gasteiger partial charge on any atom is 0.308 e. The van der Waals surface area contributed by atoms with Gasteiger partial charge in [0, 0.05) is 25.1 Å². The Morgan fingerprint density at radius 3 is 2.43 bits per heavy atom. The maximum absolute atomic E-state index is 12.0. The van der Waals surface area contributed by atoms with Crippen LogP contribution in [0.4, 0.5) is 0 Å². The first-order valence-electron chi connectivity index (χ1n) is 9.52. The third-order valence-corrected chi connectivity index (χ3v) is 5.03. The second-order valence-corrected chi connectivity index (χ2v) is 8.51. The standard InChI is InChI=1S/C23H27NO4/c1-15-5-10-19(23(2,3)4)20(11-15)28-18-8-6-16(7-9-18)13-24-14-17(22(26)27)12-21(24)25/h5-11,17H,12-14H2,1-4H3,(H,26,27). The molecule has 1 amide bonds. The van der Waals surface area contributed by atoms with Crippen molar-refractivity contribution in [3.63, 3.8) is 0 Å². The second kappa shape index (κ2) is 7.66. The highest BCUT2D eigenvalue weighted by molar-refractivity contribution is 5.86. The average molecular weight is 381 g/mol. The Bertz CT molecular complexity index is 880. The lowest BCUT2D eigenvalue weighted by Crippen LogP contribution is -2.25. The normalized spacial score (nSPS) is 17.1. The molecule has 1 N–H and O–H groups in total. The minimum absolute atomic E-state index is 0.0280. The van der Waals surface area contributed by atoms with E-state index in [9.17, 15) is 9.59 Å². The molecule has 1 unspecified atom stereocenters. The Morgan fingerprint density at radius 2 is 1.86 bits per heavy atom. The van der Waals surface area contributed by atoms with E-state index in [0.717, 1.165) is 28.2 Å². The van der Waals surface area contributed by atoms with Crippen LogP contribution in [0.25, 0.3) is 0 Å². The van der Waals surface area contributed by atoms with E-state index < -0.39 is 11.9 Å². The van der Waals surface area contributed by atoms with Crippen LogP contribution in [0.15, 0.2) is 42.5 Å². The second-order valence-electron chi connectivity index (χ2n) is 8.51. The molecule has 3 rings (SSSR count). The molecule has 1 aliphatic rings. The predicted molar refractivity (Wildman–Crippen MR) is 108 cm³/mol. The molecule has 2 aromatic rings. The van der Waals surface area contributed by atoms with Gasteiger partial charge >= 0.3 is 5.97 Å². The zero-order valence-corrected chi connectivity index (χ0v) is 16.9. The number of nitrogens with zero attached hydrogens (tertiary/aromatic N) is 1. The molecule has 0 aromatic heterocycles. The lowest BCUT2D eigenvalue weighted by atomic mass is 9.86. The first-order valence-corrected chi connectivity index (χ1v) is 9.52. The number of hydrogen-bond acceptors (Lipinski definition) is 3. The van der Waals surface area contributed by atoms with Gasteiger partial charge in [-0.25, -0.2) is 0 Å². The number of likely N-dealkylation sites (tertiary alicyclic amines) is 1. The predicted octanol–water partition coefficient (Wildman–Crippen LogP) is 4.52. The minimum Gasteiger partial charge on any atom is -0.481 e. The number of hydrogen-bond donors (Lipinski definition) is 1. The van der Waals surface area contributed by atoms with E-state index in [1.165, 1.54) is 0 Å². The molecule has 1 fully saturated rings. The van der Waals surface area contributed by atoms with Crippen molar-refractivity contribution in [1.82, 2.24) is 4.90 Å². The molecule has 1 heterocycles. The molecular weight excluding hydrogens is 354 g/mol. The summed E-state index contributed by atoms with van der Waals surface area (Å²) < 4.78 is 6.15. The number of amides is 1. The van der Waals surface area contributed by atoms with Crippen LogP contribution in [-0.4, -0.2) is 28.4 Å². The van der Waals surface area contributed by atoms with Crippen LogP contribution in [0.3, 0.4) is 0 Å². The number of carbonyl (C=O) groups is 2. The molecule has 1 atom stereocenters. The van der Waals surface area contributed by atoms with E-state index in [4.69, 9.17) is 9.84 Å². The SMILES string of the molecule is Cc1ccc(C(C)(C)C)c(Oc2ccc(CN3CC(C(=O)O)CC3=O)cc2)c1. The number of carboxylic acid groups (broad SMARTS) is 1. The van der Waals surface area contributed by atoms with Crippen molar-refractivity contribution in [3.05, 3.63) is 59.2 Å². The van der Waals surface area contributed by atoms with E-state index >= 15 is 0 Å². The number of rotatable bonds is 5. The van der Waals surface area contributed by atoms with Gasteiger partial charge in [0.05, 0.1) is 5.92 Å². The van der Waals surface area contributed by atoms with Gasteiger partial charge < -0.3 is 14.7 Å². The fourth-order valence-electron chi connectivity index (χ4n) is 3.43. The van der Waals surface area contributed by atoms with Crippen molar-refractivity contribution in [2.24, 2.45) is 5.92 Å². The highest BCUT2D eigenvalue weighted by Gasteiger charge is 2.34. The molecule has 148 valence electrons. The largest absolute Gasteiger partial charge is 0.481 e. The summed E-state index contributed by atoms with van der Waals surface area (Å²) >= 11 is 0. The first-order chi connectivity index (χ1) is 13.1. The van der Waals surface area contributed by atoms with E-state index in [2.05, 4.69) is 32.9 Å². The van der Waals surface area contributed by atoms with Crippen molar-refractivity contribution in [2.45, 2.75) is 46.1 Å². The van der Waals surface area contributed by atoms with Gasteiger partial charge in [0.15, 0.2) is 0 Å². The van der Waals surface area contributed by atoms with Crippen LogP contribution >= 0.6 is 0 Å². The summed E-state index contributed by atoms with van der Waals surface area (Å²) in [5.74, 6) is -0.0442. The van der Waals surface area contributed by atoms with Gasteiger partial charge in [-0.3, -0.25) is 9.59 Å². The number of carboxylic acids is 1. The van der Waals surface area contributed by atoms with Crippen molar-refractivity contribution >= 4 is 11.9 Å². The number of carbonyl (C=O) groups excluding carboxylic acids is 1. The van der Waals surface area contributed by atoms with Gasteiger partial charge in [-0.1, -0.05) is 45.0 Å². The van der Waals surface area contributed by atoms with E-state index in [-0.39, 0.29) is 24.3 Å². The van der Waals surface area contributed by atoms with Gasteiger partial charge in [-0.15, -0.1) is 0 Å². The Balaban J connectivity index is 1.72. The Hall–Kier alpha value is -2.82. The number of aryl methyl sites for hydroxylation is 1. The van der Waals surface area contributed by atoms with Crippen molar-refractivity contribution in [1.29, 1.82) is 0 Å². The van der Waals surface area contributed by atoms with Crippen molar-refractivity contribution < 1.29 is 19.4 Å².